The average Bonchev–Trinajstić information content (AvgIpc) is 3.46. The van der Waals surface area contributed by atoms with Crippen LogP contribution in [0.1, 0.15) is 67.1 Å². The van der Waals surface area contributed by atoms with Gasteiger partial charge in [0, 0.05) is 22.0 Å². The summed E-state index contributed by atoms with van der Waals surface area (Å²) in [5.74, 6) is -1.01. The van der Waals surface area contributed by atoms with E-state index in [1.165, 1.54) is 12.1 Å². The number of nitrogens with one attached hydrogen (secondary N) is 1. The number of benzene rings is 2. The first-order chi connectivity index (χ1) is 18.7. The predicted octanol–water partition coefficient (Wildman–Crippen LogP) is 5.72. The highest BCUT2D eigenvalue weighted by Crippen LogP contribution is 2.45. The lowest BCUT2D eigenvalue weighted by atomic mass is 9.76. The van der Waals surface area contributed by atoms with E-state index in [4.69, 9.17) is 5.73 Å². The molecule has 5 rings (SSSR count). The zero-order chi connectivity index (χ0) is 27.7. The van der Waals surface area contributed by atoms with Crippen molar-refractivity contribution in [1.82, 2.24) is 4.90 Å². The Balaban J connectivity index is 1.55. The van der Waals surface area contributed by atoms with E-state index in [-0.39, 0.29) is 23.3 Å². The van der Waals surface area contributed by atoms with Crippen molar-refractivity contribution in [1.29, 1.82) is 0 Å². The predicted molar refractivity (Wildman–Crippen MR) is 154 cm³/mol. The van der Waals surface area contributed by atoms with Gasteiger partial charge < -0.3 is 21.1 Å². The van der Waals surface area contributed by atoms with Crippen molar-refractivity contribution >= 4 is 34.8 Å². The monoisotopic (exact) mass is 545 g/mol. The summed E-state index contributed by atoms with van der Waals surface area (Å²) in [5, 5.41) is 14.3. The molecule has 2 aromatic carbocycles. The Labute approximate surface area is 233 Å². The van der Waals surface area contributed by atoms with E-state index in [0.717, 1.165) is 47.3 Å². The molecule has 0 radical (unpaired) electrons. The highest BCUT2D eigenvalue weighted by molar-refractivity contribution is 7.13. The maximum absolute atomic E-state index is 14.2. The first-order valence-corrected chi connectivity index (χ1v) is 14.4. The molecule has 8 heteroatoms. The van der Waals surface area contributed by atoms with Gasteiger partial charge in [-0.3, -0.25) is 9.59 Å². The van der Waals surface area contributed by atoms with Gasteiger partial charge in [-0.1, -0.05) is 24.3 Å². The van der Waals surface area contributed by atoms with Crippen molar-refractivity contribution in [3.63, 3.8) is 0 Å². The third-order valence-corrected chi connectivity index (χ3v) is 9.13. The van der Waals surface area contributed by atoms with E-state index in [9.17, 15) is 19.5 Å². The average molecular weight is 546 g/mol. The zero-order valence-corrected chi connectivity index (χ0v) is 23.2. The van der Waals surface area contributed by atoms with Crippen LogP contribution in [0.2, 0.25) is 0 Å². The molecule has 1 fully saturated rings. The van der Waals surface area contributed by atoms with Crippen molar-refractivity contribution in [3.8, 4) is 10.4 Å². The van der Waals surface area contributed by atoms with Gasteiger partial charge in [0.05, 0.1) is 5.56 Å². The molecule has 0 bridgehead atoms. The summed E-state index contributed by atoms with van der Waals surface area (Å²) in [4.78, 5) is 42.6. The maximum Gasteiger partial charge on any atom is 0.335 e. The fraction of sp³-hybridized carbons (Fsp3) is 0.387. The fourth-order valence-electron chi connectivity index (χ4n) is 6.16. The van der Waals surface area contributed by atoms with E-state index in [1.54, 1.807) is 23.5 Å². The van der Waals surface area contributed by atoms with Crippen molar-refractivity contribution in [2.75, 3.05) is 11.9 Å². The SMILES string of the molecule is CC1(C)Cc2c(-c3cccs3)cccc2C(C(=O)Nc2ccc(C(=O)O)cc2)N1C(=O)C1CCC(CN)CC1. The Hall–Kier alpha value is -3.49. The third-order valence-electron chi connectivity index (χ3n) is 8.23. The van der Waals surface area contributed by atoms with Gasteiger partial charge in [0.1, 0.15) is 6.04 Å². The fourth-order valence-corrected chi connectivity index (χ4v) is 6.94. The Kier molecular flexibility index (Phi) is 7.60. The van der Waals surface area contributed by atoms with Gasteiger partial charge in [0.25, 0.3) is 5.91 Å². The van der Waals surface area contributed by atoms with E-state index in [2.05, 4.69) is 17.4 Å². The summed E-state index contributed by atoms with van der Waals surface area (Å²) in [7, 11) is 0. The first kappa shape index (κ1) is 27.1. The second kappa shape index (κ2) is 10.9. The lowest BCUT2D eigenvalue weighted by Gasteiger charge is -2.50. The molecule has 0 saturated heterocycles. The number of nitrogens with zero attached hydrogens (tertiary/aromatic N) is 1. The quantitative estimate of drug-likeness (QED) is 0.367. The minimum atomic E-state index is -1.03. The van der Waals surface area contributed by atoms with Crippen molar-refractivity contribution < 1.29 is 19.5 Å². The minimum absolute atomic E-state index is 0.0176. The van der Waals surface area contributed by atoms with E-state index < -0.39 is 17.6 Å². The van der Waals surface area contributed by atoms with Crippen molar-refractivity contribution in [3.05, 3.63) is 76.7 Å². The summed E-state index contributed by atoms with van der Waals surface area (Å²) >= 11 is 1.66. The molecule has 0 spiro atoms. The lowest BCUT2D eigenvalue weighted by Crippen LogP contribution is -2.58. The molecular formula is C31H35N3O4S. The van der Waals surface area contributed by atoms with Crippen LogP contribution in [-0.4, -0.2) is 39.9 Å². The van der Waals surface area contributed by atoms with Gasteiger partial charge >= 0.3 is 5.97 Å². The molecule has 1 aliphatic heterocycles. The number of thiophene rings is 1. The van der Waals surface area contributed by atoms with E-state index in [0.29, 0.717) is 24.6 Å². The molecule has 1 aromatic heterocycles. The number of rotatable bonds is 6. The molecule has 204 valence electrons. The normalized spacial score (nSPS) is 22.1. The summed E-state index contributed by atoms with van der Waals surface area (Å²) in [5.41, 5.74) is 8.94. The summed E-state index contributed by atoms with van der Waals surface area (Å²) < 4.78 is 0. The van der Waals surface area contributed by atoms with Crippen LogP contribution in [0.15, 0.2) is 60.0 Å². The Morgan fingerprint density at radius 1 is 1.03 bits per heavy atom. The van der Waals surface area contributed by atoms with Crippen LogP contribution in [0.4, 0.5) is 5.69 Å². The number of carbonyl (C=O) groups excluding carboxylic acids is 2. The van der Waals surface area contributed by atoms with Crippen LogP contribution in [-0.2, 0) is 16.0 Å². The molecule has 7 nitrogen and oxygen atoms in total. The topological polar surface area (TPSA) is 113 Å². The van der Waals surface area contributed by atoms with E-state index in [1.807, 2.05) is 42.3 Å². The molecule has 3 aromatic rings. The Morgan fingerprint density at radius 3 is 2.36 bits per heavy atom. The molecule has 39 heavy (non-hydrogen) atoms. The standard InChI is InChI=1S/C31H35N3O4S/c1-31(2)17-25-23(26-7-4-16-39-26)5-3-6-24(25)27(28(35)33-22-14-12-21(13-15-22)30(37)38)34(31)29(36)20-10-8-19(18-32)9-11-20/h3-7,12-16,19-20,27H,8-11,17-18,32H2,1-2H3,(H,33,35)(H,37,38). The summed E-state index contributed by atoms with van der Waals surface area (Å²) in [6.07, 6.45) is 4.04. The van der Waals surface area contributed by atoms with Crippen LogP contribution < -0.4 is 11.1 Å². The molecule has 1 saturated carbocycles. The number of amides is 2. The maximum atomic E-state index is 14.2. The number of hydrogen-bond acceptors (Lipinski definition) is 5. The van der Waals surface area contributed by atoms with E-state index >= 15 is 0 Å². The van der Waals surface area contributed by atoms with Gasteiger partial charge in [0.15, 0.2) is 0 Å². The van der Waals surface area contributed by atoms with Gasteiger partial charge in [-0.25, -0.2) is 4.79 Å². The van der Waals surface area contributed by atoms with Crippen LogP contribution >= 0.6 is 11.3 Å². The highest BCUT2D eigenvalue weighted by Gasteiger charge is 2.48. The molecule has 2 heterocycles. The zero-order valence-electron chi connectivity index (χ0n) is 22.4. The number of anilines is 1. The van der Waals surface area contributed by atoms with Crippen LogP contribution in [0.5, 0.6) is 0 Å². The van der Waals surface area contributed by atoms with Crippen LogP contribution in [0.25, 0.3) is 10.4 Å². The molecule has 1 unspecified atom stereocenters. The lowest BCUT2D eigenvalue weighted by molar-refractivity contribution is -0.151. The molecule has 1 atom stereocenters. The van der Waals surface area contributed by atoms with Gasteiger partial charge in [0.2, 0.25) is 5.91 Å². The first-order valence-electron chi connectivity index (χ1n) is 13.5. The second-order valence-corrected chi connectivity index (χ2v) is 12.2. The molecule has 4 N–H and O–H groups in total. The van der Waals surface area contributed by atoms with Gasteiger partial charge in [-0.15, -0.1) is 11.3 Å². The van der Waals surface area contributed by atoms with Crippen molar-refractivity contribution in [2.45, 2.75) is 57.5 Å². The molecule has 1 aliphatic carbocycles. The highest BCUT2D eigenvalue weighted by atomic mass is 32.1. The van der Waals surface area contributed by atoms with Gasteiger partial charge in [-0.05, 0) is 111 Å². The number of carboxylic acid groups (broad SMARTS) is 1. The molecule has 2 aliphatic rings. The van der Waals surface area contributed by atoms with Crippen LogP contribution in [0.3, 0.4) is 0 Å². The van der Waals surface area contributed by atoms with Crippen molar-refractivity contribution in [2.24, 2.45) is 17.6 Å². The Bertz CT molecular complexity index is 1360. The number of fused-ring (bicyclic) bond motifs is 1. The smallest absolute Gasteiger partial charge is 0.335 e. The number of hydrogen-bond donors (Lipinski definition) is 3. The largest absolute Gasteiger partial charge is 0.478 e. The summed E-state index contributed by atoms with van der Waals surface area (Å²) in [6.45, 7) is 4.74. The molecular weight excluding hydrogens is 510 g/mol. The number of aromatic carboxylic acids is 1. The second-order valence-electron chi connectivity index (χ2n) is 11.3. The summed E-state index contributed by atoms with van der Waals surface area (Å²) in [6, 6.07) is 15.4. The molecule has 2 amide bonds. The Morgan fingerprint density at radius 2 is 1.74 bits per heavy atom. The van der Waals surface area contributed by atoms with Gasteiger partial charge in [-0.2, -0.15) is 0 Å². The number of nitrogens with two attached hydrogens (primary N) is 1. The number of carbonyl (C=O) groups is 3. The minimum Gasteiger partial charge on any atom is -0.478 e. The third kappa shape index (κ3) is 5.36. The van der Waals surface area contributed by atoms with Crippen LogP contribution in [0, 0.1) is 11.8 Å². The number of carboxylic acids is 1.